The van der Waals surface area contributed by atoms with Crippen molar-refractivity contribution in [2.45, 2.75) is 18.9 Å². The van der Waals surface area contributed by atoms with Crippen LogP contribution in [0.1, 0.15) is 14.3 Å². The van der Waals surface area contributed by atoms with E-state index in [-0.39, 0.29) is 31.7 Å². The van der Waals surface area contributed by atoms with E-state index in [2.05, 4.69) is 9.50 Å². The molecule has 2 rings (SSSR count). The van der Waals surface area contributed by atoms with Crippen LogP contribution in [0.5, 0.6) is 11.5 Å². The molecule has 1 N–H and O–H groups in total. The van der Waals surface area contributed by atoms with Crippen molar-refractivity contribution < 1.29 is 32.2 Å². The van der Waals surface area contributed by atoms with Crippen molar-refractivity contribution in [3.8, 4) is 11.5 Å². The molecule has 0 aliphatic carbocycles. The molecule has 20 heavy (non-hydrogen) atoms. The minimum absolute atomic E-state index is 0. The average Bonchev–Trinajstić information content (AvgIpc) is 2.31. The SMILES string of the molecule is O=C1CCC(Oc2cccc(OS(=O)(=O)F)c2)C(=O)N1.[HH]. The zero-order valence-corrected chi connectivity index (χ0v) is 10.9. The molecule has 1 aliphatic rings. The van der Waals surface area contributed by atoms with Crippen LogP contribution in [-0.2, 0) is 20.1 Å². The van der Waals surface area contributed by atoms with Gasteiger partial charge in [-0.3, -0.25) is 14.9 Å². The molecule has 1 saturated heterocycles. The second kappa shape index (κ2) is 5.45. The second-order valence-corrected chi connectivity index (χ2v) is 4.96. The van der Waals surface area contributed by atoms with Crippen LogP contribution >= 0.6 is 0 Å². The normalized spacial score (nSPS) is 19.4. The van der Waals surface area contributed by atoms with Crippen molar-refractivity contribution >= 4 is 22.3 Å². The number of hydrogen-bond donors (Lipinski definition) is 1. The summed E-state index contributed by atoms with van der Waals surface area (Å²) in [6.45, 7) is 0. The van der Waals surface area contributed by atoms with Crippen LogP contribution in [-0.4, -0.2) is 26.3 Å². The summed E-state index contributed by atoms with van der Waals surface area (Å²) in [5, 5.41) is 2.11. The molecule has 1 fully saturated rings. The molecule has 1 aromatic rings. The lowest BCUT2D eigenvalue weighted by atomic mass is 10.1. The molecule has 0 radical (unpaired) electrons. The van der Waals surface area contributed by atoms with Gasteiger partial charge in [-0.25, -0.2) is 0 Å². The number of halogens is 1. The van der Waals surface area contributed by atoms with Crippen molar-refractivity contribution in [3.63, 3.8) is 0 Å². The molecule has 2 amide bonds. The van der Waals surface area contributed by atoms with Crippen molar-refractivity contribution in [2.24, 2.45) is 0 Å². The third kappa shape index (κ3) is 3.92. The van der Waals surface area contributed by atoms with Crippen LogP contribution < -0.4 is 14.2 Å². The molecule has 1 heterocycles. The Morgan fingerprint density at radius 3 is 2.65 bits per heavy atom. The van der Waals surface area contributed by atoms with E-state index in [4.69, 9.17) is 4.74 Å². The first kappa shape index (κ1) is 14.3. The lowest BCUT2D eigenvalue weighted by molar-refractivity contribution is -0.138. The first-order valence-corrected chi connectivity index (χ1v) is 6.89. The number of hydrogen-bond acceptors (Lipinski definition) is 6. The predicted octanol–water partition coefficient (Wildman–Crippen LogP) is 0.710. The van der Waals surface area contributed by atoms with Gasteiger partial charge in [0.15, 0.2) is 6.10 Å². The number of carbonyl (C=O) groups is 2. The number of amides is 2. The van der Waals surface area contributed by atoms with E-state index in [9.17, 15) is 21.9 Å². The molecule has 1 aromatic carbocycles. The summed E-state index contributed by atoms with van der Waals surface area (Å²) >= 11 is 0. The van der Waals surface area contributed by atoms with E-state index in [0.29, 0.717) is 0 Å². The van der Waals surface area contributed by atoms with Crippen LogP contribution in [0, 0.1) is 0 Å². The van der Waals surface area contributed by atoms with E-state index in [1.54, 1.807) is 0 Å². The van der Waals surface area contributed by atoms with Crippen LogP contribution in [0.25, 0.3) is 0 Å². The first-order valence-electron chi connectivity index (χ1n) is 5.58. The minimum Gasteiger partial charge on any atom is -0.480 e. The van der Waals surface area contributed by atoms with Gasteiger partial charge in [0.25, 0.3) is 5.91 Å². The Bertz CT molecular complexity index is 650. The zero-order valence-electron chi connectivity index (χ0n) is 10.0. The highest BCUT2D eigenvalue weighted by molar-refractivity contribution is 7.81. The Labute approximate surface area is 115 Å². The van der Waals surface area contributed by atoms with Gasteiger partial charge in [0.1, 0.15) is 11.5 Å². The molecule has 0 aromatic heterocycles. The predicted molar refractivity (Wildman–Crippen MR) is 66.0 cm³/mol. The fourth-order valence-electron chi connectivity index (χ4n) is 1.66. The van der Waals surface area contributed by atoms with E-state index < -0.39 is 22.5 Å². The fourth-order valence-corrected chi connectivity index (χ4v) is 2.00. The van der Waals surface area contributed by atoms with Gasteiger partial charge in [0.2, 0.25) is 5.91 Å². The van der Waals surface area contributed by atoms with Crippen molar-refractivity contribution in [1.29, 1.82) is 0 Å². The Kier molecular flexibility index (Phi) is 3.89. The maximum atomic E-state index is 12.4. The van der Waals surface area contributed by atoms with Crippen LogP contribution in [0.2, 0.25) is 0 Å². The molecule has 0 saturated carbocycles. The Morgan fingerprint density at radius 2 is 2.00 bits per heavy atom. The number of ether oxygens (including phenoxy) is 1. The monoisotopic (exact) mass is 305 g/mol. The summed E-state index contributed by atoms with van der Waals surface area (Å²) in [6, 6.07) is 5.17. The van der Waals surface area contributed by atoms with E-state index in [1.165, 1.54) is 18.2 Å². The maximum absolute atomic E-state index is 12.4. The third-order valence-electron chi connectivity index (χ3n) is 2.47. The van der Waals surface area contributed by atoms with Gasteiger partial charge in [-0.05, 0) is 12.1 Å². The van der Waals surface area contributed by atoms with Crippen LogP contribution in [0.3, 0.4) is 0 Å². The maximum Gasteiger partial charge on any atom is 0.488 e. The molecular weight excluding hydrogens is 293 g/mol. The lowest BCUT2D eigenvalue weighted by Gasteiger charge is -2.22. The number of benzene rings is 1. The molecule has 1 aliphatic heterocycles. The Balaban J connectivity index is 0.00000220. The third-order valence-corrected chi connectivity index (χ3v) is 2.86. The summed E-state index contributed by atoms with van der Waals surface area (Å²) in [7, 11) is -5.12. The highest BCUT2D eigenvalue weighted by Gasteiger charge is 2.28. The highest BCUT2D eigenvalue weighted by atomic mass is 32.3. The minimum atomic E-state index is -5.12. The number of piperidine rings is 1. The highest BCUT2D eigenvalue weighted by Crippen LogP contribution is 2.23. The Morgan fingerprint density at radius 1 is 1.30 bits per heavy atom. The molecule has 7 nitrogen and oxygen atoms in total. The quantitative estimate of drug-likeness (QED) is 0.649. The van der Waals surface area contributed by atoms with Crippen molar-refractivity contribution in [2.75, 3.05) is 0 Å². The number of nitrogens with one attached hydrogen (secondary N) is 1. The van der Waals surface area contributed by atoms with E-state index >= 15 is 0 Å². The van der Waals surface area contributed by atoms with Gasteiger partial charge < -0.3 is 8.92 Å². The molecule has 9 heteroatoms. The summed E-state index contributed by atoms with van der Waals surface area (Å²) in [4.78, 5) is 22.4. The number of imide groups is 1. The lowest BCUT2D eigenvalue weighted by Crippen LogP contribution is -2.46. The number of carbonyl (C=O) groups excluding carboxylic acids is 2. The van der Waals surface area contributed by atoms with Gasteiger partial charge in [-0.15, -0.1) is 0 Å². The topological polar surface area (TPSA) is 98.8 Å². The van der Waals surface area contributed by atoms with Gasteiger partial charge in [-0.1, -0.05) is 9.95 Å². The van der Waals surface area contributed by atoms with Crippen LogP contribution in [0.15, 0.2) is 24.3 Å². The van der Waals surface area contributed by atoms with E-state index in [1.807, 2.05) is 0 Å². The van der Waals surface area contributed by atoms with Gasteiger partial charge in [0.05, 0.1) is 0 Å². The average molecular weight is 305 g/mol. The molecular formula is C11H12FNO6S. The zero-order chi connectivity index (χ0) is 14.8. The van der Waals surface area contributed by atoms with Gasteiger partial charge in [-0.2, -0.15) is 8.42 Å². The molecule has 0 bridgehead atoms. The summed E-state index contributed by atoms with van der Waals surface area (Å²) in [5.74, 6) is -1.11. The standard InChI is InChI=1S/C11H10FNO6S.H2/c12-20(16,17)19-8-3-1-2-7(6-8)18-9-4-5-10(14)13-11(9)15;/h1-3,6,9H,4-5H2,(H,13,14,15);1H. The van der Waals surface area contributed by atoms with Crippen molar-refractivity contribution in [1.82, 2.24) is 5.32 Å². The molecule has 0 spiro atoms. The first-order chi connectivity index (χ1) is 9.33. The molecule has 110 valence electrons. The number of rotatable bonds is 4. The fraction of sp³-hybridized carbons (Fsp3) is 0.273. The summed E-state index contributed by atoms with van der Waals surface area (Å²) in [6.07, 6.45) is -0.521. The largest absolute Gasteiger partial charge is 0.488 e. The smallest absolute Gasteiger partial charge is 0.480 e. The summed E-state index contributed by atoms with van der Waals surface area (Å²) in [5.41, 5.74) is 0. The second-order valence-electron chi connectivity index (χ2n) is 4.01. The summed E-state index contributed by atoms with van der Waals surface area (Å²) < 4.78 is 42.5. The Hall–Kier alpha value is -2.16. The van der Waals surface area contributed by atoms with Gasteiger partial charge >= 0.3 is 10.5 Å². The van der Waals surface area contributed by atoms with Crippen LogP contribution in [0.4, 0.5) is 3.89 Å². The molecule has 1 unspecified atom stereocenters. The molecule has 1 atom stereocenters. The van der Waals surface area contributed by atoms with Gasteiger partial charge in [0, 0.05) is 20.3 Å². The van der Waals surface area contributed by atoms with E-state index in [0.717, 1.165) is 6.07 Å². The van der Waals surface area contributed by atoms with Crippen molar-refractivity contribution in [3.05, 3.63) is 24.3 Å².